The van der Waals surface area contributed by atoms with E-state index in [4.69, 9.17) is 4.74 Å². The van der Waals surface area contributed by atoms with Gasteiger partial charge in [0.1, 0.15) is 6.23 Å². The molecule has 2 atom stereocenters. The Morgan fingerprint density at radius 2 is 1.91 bits per heavy atom. The minimum Gasteiger partial charge on any atom is -0.385 e. The van der Waals surface area contributed by atoms with E-state index < -0.39 is 11.8 Å². The Hall–Kier alpha value is -2.51. The van der Waals surface area contributed by atoms with Crippen molar-refractivity contribution in [2.24, 2.45) is 0 Å². The van der Waals surface area contributed by atoms with E-state index in [1.54, 1.807) is 6.20 Å². The molecular weight excluding hydrogens is 438 g/mol. The number of likely N-dealkylation sites (tertiary alicyclic amines) is 1. The summed E-state index contributed by atoms with van der Waals surface area (Å²) in [5, 5.41) is 23.2. The molecule has 0 spiro atoms. The van der Waals surface area contributed by atoms with Crippen molar-refractivity contribution in [1.82, 2.24) is 9.88 Å². The maximum absolute atomic E-state index is 11.3. The molecule has 3 aromatic rings. The van der Waals surface area contributed by atoms with Gasteiger partial charge in [-0.25, -0.2) is 0 Å². The number of nitrogens with zero attached hydrogens (tertiary/aromatic N) is 3. The summed E-state index contributed by atoms with van der Waals surface area (Å²) in [5.74, 6) is 0. The summed E-state index contributed by atoms with van der Waals surface area (Å²) in [7, 11) is 0. The average Bonchev–Trinajstić information content (AvgIpc) is 2.90. The Balaban J connectivity index is 1.03. The van der Waals surface area contributed by atoms with Crippen LogP contribution in [0, 0.1) is 0 Å². The highest BCUT2D eigenvalue weighted by Crippen LogP contribution is 2.41. The quantitative estimate of drug-likeness (QED) is 0.561. The first-order valence-electron chi connectivity index (χ1n) is 13.1. The SMILES string of the molecule is OC(CCOC1CCN2CCCc3cccc1c32)N1CCC(O)(c2cnc3ccccc3c2)CC1. The van der Waals surface area contributed by atoms with Gasteiger partial charge in [-0.2, -0.15) is 0 Å². The van der Waals surface area contributed by atoms with Crippen molar-refractivity contribution in [1.29, 1.82) is 0 Å². The van der Waals surface area contributed by atoms with E-state index in [0.29, 0.717) is 39.0 Å². The fraction of sp³-hybridized carbons (Fsp3) is 0.483. The number of benzene rings is 2. The van der Waals surface area contributed by atoms with Gasteiger partial charge in [0.25, 0.3) is 0 Å². The number of pyridine rings is 1. The third kappa shape index (κ3) is 4.45. The maximum Gasteiger partial charge on any atom is 0.109 e. The van der Waals surface area contributed by atoms with Gasteiger partial charge in [-0.1, -0.05) is 36.4 Å². The van der Waals surface area contributed by atoms with Gasteiger partial charge in [0.2, 0.25) is 0 Å². The third-order valence-electron chi connectivity index (χ3n) is 8.22. The number of fused-ring (bicyclic) bond motifs is 1. The summed E-state index contributed by atoms with van der Waals surface area (Å²) >= 11 is 0. The molecule has 0 bridgehead atoms. The molecule has 0 saturated carbocycles. The highest BCUT2D eigenvalue weighted by atomic mass is 16.5. The monoisotopic (exact) mass is 473 g/mol. The molecule has 2 unspecified atom stereocenters. The van der Waals surface area contributed by atoms with Crippen LogP contribution >= 0.6 is 0 Å². The number of piperidine rings is 1. The lowest BCUT2D eigenvalue weighted by Gasteiger charge is -2.41. The summed E-state index contributed by atoms with van der Waals surface area (Å²) < 4.78 is 6.32. The van der Waals surface area contributed by atoms with E-state index >= 15 is 0 Å². The van der Waals surface area contributed by atoms with Gasteiger partial charge < -0.3 is 19.8 Å². The molecule has 35 heavy (non-hydrogen) atoms. The minimum atomic E-state index is -0.899. The fourth-order valence-electron chi connectivity index (χ4n) is 6.16. The lowest BCUT2D eigenvalue weighted by atomic mass is 9.84. The number of hydrogen-bond donors (Lipinski definition) is 2. The Morgan fingerprint density at radius 1 is 1.06 bits per heavy atom. The number of aryl methyl sites for hydroxylation is 1. The number of aromatic nitrogens is 1. The van der Waals surface area contributed by atoms with E-state index in [1.165, 1.54) is 23.2 Å². The number of ether oxygens (including phenoxy) is 1. The van der Waals surface area contributed by atoms with Gasteiger partial charge in [-0.3, -0.25) is 9.88 Å². The summed E-state index contributed by atoms with van der Waals surface area (Å²) in [5.41, 5.74) is 5.07. The lowest BCUT2D eigenvalue weighted by Crippen LogP contribution is -2.47. The van der Waals surface area contributed by atoms with Crippen LogP contribution in [0.3, 0.4) is 0 Å². The Bertz CT molecular complexity index is 1190. The van der Waals surface area contributed by atoms with E-state index in [-0.39, 0.29) is 6.10 Å². The van der Waals surface area contributed by atoms with Crippen LogP contribution in [0.4, 0.5) is 5.69 Å². The van der Waals surface area contributed by atoms with E-state index in [1.807, 2.05) is 24.3 Å². The number of para-hydroxylation sites is 2. The smallest absolute Gasteiger partial charge is 0.109 e. The van der Waals surface area contributed by atoms with Crippen LogP contribution in [-0.4, -0.2) is 59.1 Å². The molecule has 0 aliphatic carbocycles. The van der Waals surface area contributed by atoms with Crippen LogP contribution in [0.2, 0.25) is 0 Å². The van der Waals surface area contributed by atoms with Crippen LogP contribution in [-0.2, 0) is 16.8 Å². The molecular formula is C29H35N3O3. The second-order valence-corrected chi connectivity index (χ2v) is 10.3. The first kappa shape index (κ1) is 22.9. The first-order valence-corrected chi connectivity index (χ1v) is 13.1. The summed E-state index contributed by atoms with van der Waals surface area (Å²) in [4.78, 5) is 9.12. The Morgan fingerprint density at radius 3 is 2.80 bits per heavy atom. The minimum absolute atomic E-state index is 0.110. The van der Waals surface area contributed by atoms with Crippen LogP contribution in [0.15, 0.2) is 54.7 Å². The second-order valence-electron chi connectivity index (χ2n) is 10.3. The van der Waals surface area contributed by atoms with Gasteiger partial charge in [-0.15, -0.1) is 0 Å². The van der Waals surface area contributed by atoms with E-state index in [2.05, 4.69) is 39.0 Å². The molecule has 2 N–H and O–H groups in total. The molecule has 3 aliphatic rings. The highest BCUT2D eigenvalue weighted by molar-refractivity contribution is 5.79. The zero-order chi connectivity index (χ0) is 23.8. The molecule has 184 valence electrons. The van der Waals surface area contributed by atoms with E-state index in [0.717, 1.165) is 42.4 Å². The highest BCUT2D eigenvalue weighted by Gasteiger charge is 2.36. The fourth-order valence-corrected chi connectivity index (χ4v) is 6.16. The molecule has 6 heteroatoms. The summed E-state index contributed by atoms with van der Waals surface area (Å²) in [6.45, 7) is 4.02. The number of anilines is 1. The van der Waals surface area contributed by atoms with Gasteiger partial charge in [0.15, 0.2) is 0 Å². The molecule has 4 heterocycles. The first-order chi connectivity index (χ1) is 17.1. The van der Waals surface area contributed by atoms with Gasteiger partial charge >= 0.3 is 0 Å². The molecule has 2 aromatic carbocycles. The molecule has 1 saturated heterocycles. The summed E-state index contributed by atoms with van der Waals surface area (Å²) in [6, 6.07) is 16.7. The summed E-state index contributed by atoms with van der Waals surface area (Å²) in [6.07, 6.45) is 6.49. The van der Waals surface area contributed by atoms with Crippen molar-refractivity contribution < 1.29 is 14.9 Å². The number of hydrogen-bond acceptors (Lipinski definition) is 6. The predicted molar refractivity (Wildman–Crippen MR) is 137 cm³/mol. The van der Waals surface area contributed by atoms with Crippen molar-refractivity contribution >= 4 is 16.6 Å². The average molecular weight is 474 g/mol. The second kappa shape index (κ2) is 9.51. The molecule has 1 aromatic heterocycles. The van der Waals surface area contributed by atoms with Crippen LogP contribution in [0.1, 0.15) is 54.9 Å². The van der Waals surface area contributed by atoms with Gasteiger partial charge in [-0.05, 0) is 49.8 Å². The standard InChI is InChI=1S/C29H35N3O3/c33-27(11-18-35-26-10-15-32-14-4-7-21-6-3-8-24(26)28(21)32)31-16-12-29(34,13-17-31)23-19-22-5-1-2-9-25(22)30-20-23/h1-3,5-6,8-9,19-20,26-27,33-34H,4,7,10-18H2. The Kier molecular flexibility index (Phi) is 6.23. The van der Waals surface area contributed by atoms with E-state index in [9.17, 15) is 10.2 Å². The topological polar surface area (TPSA) is 69.1 Å². The Labute approximate surface area is 207 Å². The largest absolute Gasteiger partial charge is 0.385 e. The zero-order valence-electron chi connectivity index (χ0n) is 20.3. The van der Waals surface area contributed by atoms with Crippen molar-refractivity contribution in [3.8, 4) is 0 Å². The molecule has 0 radical (unpaired) electrons. The predicted octanol–water partition coefficient (Wildman–Crippen LogP) is 4.14. The van der Waals surface area contributed by atoms with Crippen molar-refractivity contribution in [3.05, 3.63) is 71.4 Å². The van der Waals surface area contributed by atoms with Crippen LogP contribution in [0.5, 0.6) is 0 Å². The molecule has 6 rings (SSSR count). The lowest BCUT2D eigenvalue weighted by molar-refractivity contribution is -0.0891. The molecule has 1 fully saturated rings. The van der Waals surface area contributed by atoms with Crippen molar-refractivity contribution in [2.75, 3.05) is 37.7 Å². The van der Waals surface area contributed by atoms with Gasteiger partial charge in [0.05, 0.1) is 23.8 Å². The van der Waals surface area contributed by atoms with Crippen LogP contribution < -0.4 is 4.90 Å². The molecule has 6 nitrogen and oxygen atoms in total. The van der Waals surface area contributed by atoms with Crippen molar-refractivity contribution in [3.63, 3.8) is 0 Å². The number of aliphatic hydroxyl groups is 2. The maximum atomic E-state index is 11.3. The molecule has 0 amide bonds. The van der Waals surface area contributed by atoms with Crippen molar-refractivity contribution in [2.45, 2.75) is 56.5 Å². The van der Waals surface area contributed by atoms with Crippen LogP contribution in [0.25, 0.3) is 10.9 Å². The zero-order valence-corrected chi connectivity index (χ0v) is 20.3. The molecule has 3 aliphatic heterocycles. The number of rotatable bonds is 6. The number of aliphatic hydroxyl groups excluding tert-OH is 1. The normalized spacial score (nSPS) is 22.7. The van der Waals surface area contributed by atoms with Gasteiger partial charge in [0, 0.05) is 61.0 Å². The third-order valence-corrected chi connectivity index (χ3v) is 8.22.